The Morgan fingerprint density at radius 1 is 0.767 bits per heavy atom. The maximum Gasteiger partial charge on any atom is 1.00 e. The van der Waals surface area contributed by atoms with Gasteiger partial charge in [0.05, 0.1) is 17.1 Å². The molecular formula is C22H22KNO5S. The van der Waals surface area contributed by atoms with Crippen LogP contribution in [0.5, 0.6) is 0 Å². The van der Waals surface area contributed by atoms with Crippen LogP contribution in [-0.4, -0.2) is 36.3 Å². The summed E-state index contributed by atoms with van der Waals surface area (Å²) in [7, 11) is -4.62. The molecule has 8 heteroatoms. The van der Waals surface area contributed by atoms with Crippen molar-refractivity contribution >= 4 is 15.8 Å². The molecule has 0 radical (unpaired) electrons. The summed E-state index contributed by atoms with van der Waals surface area (Å²) >= 11 is 0. The molecule has 0 aliphatic heterocycles. The van der Waals surface area contributed by atoms with Crippen molar-refractivity contribution in [3.05, 3.63) is 96.1 Å². The largest absolute Gasteiger partial charge is 1.00 e. The average Bonchev–Trinajstić information content (AvgIpc) is 2.74. The van der Waals surface area contributed by atoms with E-state index in [4.69, 9.17) is 0 Å². The first-order valence-corrected chi connectivity index (χ1v) is 10.5. The van der Waals surface area contributed by atoms with Crippen LogP contribution in [0.25, 0.3) is 0 Å². The van der Waals surface area contributed by atoms with Crippen LogP contribution in [0.3, 0.4) is 0 Å². The second kappa shape index (κ2) is 11.5. The molecule has 152 valence electrons. The van der Waals surface area contributed by atoms with Crippen molar-refractivity contribution in [3.8, 4) is 0 Å². The quantitative estimate of drug-likeness (QED) is 0.366. The van der Waals surface area contributed by atoms with Crippen molar-refractivity contribution in [1.82, 2.24) is 0 Å². The minimum atomic E-state index is -4.62. The summed E-state index contributed by atoms with van der Waals surface area (Å²) in [5.41, 5.74) is 1.81. The molecule has 0 fully saturated rings. The molecule has 0 aliphatic rings. The summed E-state index contributed by atoms with van der Waals surface area (Å²) in [5.74, 6) is 0. The van der Waals surface area contributed by atoms with E-state index >= 15 is 0 Å². The Bertz CT molecular complexity index is 984. The maximum absolute atomic E-state index is 11.4. The Kier molecular flexibility index (Phi) is 9.67. The van der Waals surface area contributed by atoms with Crippen molar-refractivity contribution in [2.45, 2.75) is 17.1 Å². The van der Waals surface area contributed by atoms with E-state index in [0.29, 0.717) is 16.8 Å². The molecule has 0 saturated heterocycles. The van der Waals surface area contributed by atoms with Crippen LogP contribution in [0, 0.1) is 0 Å². The second-order valence-corrected chi connectivity index (χ2v) is 8.09. The van der Waals surface area contributed by atoms with Crippen molar-refractivity contribution in [1.29, 1.82) is 0 Å². The molecule has 0 aromatic heterocycles. The molecule has 0 saturated carbocycles. The van der Waals surface area contributed by atoms with Crippen LogP contribution >= 0.6 is 0 Å². The molecule has 30 heavy (non-hydrogen) atoms. The van der Waals surface area contributed by atoms with Gasteiger partial charge in [-0.1, -0.05) is 66.7 Å². The van der Waals surface area contributed by atoms with E-state index in [9.17, 15) is 23.2 Å². The van der Waals surface area contributed by atoms with Crippen LogP contribution in [0.1, 0.15) is 23.3 Å². The minimum absolute atomic E-state index is 0. The molecule has 0 spiro atoms. The van der Waals surface area contributed by atoms with Gasteiger partial charge in [0.15, 0.2) is 0 Å². The zero-order valence-electron chi connectivity index (χ0n) is 16.6. The first-order valence-electron chi connectivity index (χ1n) is 9.11. The van der Waals surface area contributed by atoms with Crippen LogP contribution in [0.4, 0.5) is 5.69 Å². The molecular weight excluding hydrogens is 429 g/mol. The summed E-state index contributed by atoms with van der Waals surface area (Å²) in [5, 5.41) is 21.3. The van der Waals surface area contributed by atoms with Crippen molar-refractivity contribution in [2.24, 2.45) is 0 Å². The Hall–Kier alpha value is -1.07. The average molecular weight is 452 g/mol. The van der Waals surface area contributed by atoms with E-state index in [0.717, 1.165) is 0 Å². The predicted octanol–water partition coefficient (Wildman–Crippen LogP) is -0.132. The van der Waals surface area contributed by atoms with Crippen molar-refractivity contribution in [2.75, 3.05) is 18.0 Å². The molecule has 3 rings (SSSR count). The zero-order chi connectivity index (χ0) is 20.9. The number of aliphatic hydroxyl groups excluding tert-OH is 2. The second-order valence-electron chi connectivity index (χ2n) is 6.71. The Morgan fingerprint density at radius 3 is 1.67 bits per heavy atom. The monoisotopic (exact) mass is 451 g/mol. The summed E-state index contributed by atoms with van der Waals surface area (Å²) in [6.07, 6.45) is -1.74. The zero-order valence-corrected chi connectivity index (χ0v) is 20.6. The van der Waals surface area contributed by atoms with Crippen LogP contribution in [-0.2, 0) is 10.1 Å². The number of anilines is 1. The van der Waals surface area contributed by atoms with Gasteiger partial charge in [-0.05, 0) is 29.3 Å². The molecule has 3 aromatic carbocycles. The number of benzene rings is 3. The number of hydrogen-bond acceptors (Lipinski definition) is 6. The van der Waals surface area contributed by atoms with E-state index < -0.39 is 22.3 Å². The first-order chi connectivity index (χ1) is 13.8. The standard InChI is InChI=1S/C22H23NO5S.K/c24-21(17-8-3-1-4-9-17)15-23(16-22(25)18-10-5-2-6-11-18)19-12-7-13-20(14-19)29(26,27)28;/h1-14,21-22,24-25H,15-16H2,(H,26,27,28);/q;+1/p-1. The molecule has 0 heterocycles. The summed E-state index contributed by atoms with van der Waals surface area (Å²) in [4.78, 5) is 1.31. The Labute approximate surface area is 219 Å². The first kappa shape index (κ1) is 25.2. The maximum atomic E-state index is 11.4. The molecule has 6 nitrogen and oxygen atoms in total. The molecule has 3 aromatic rings. The van der Waals surface area contributed by atoms with Gasteiger partial charge in [-0.2, -0.15) is 0 Å². The van der Waals surface area contributed by atoms with E-state index in [1.54, 1.807) is 35.2 Å². The number of nitrogens with zero attached hydrogens (tertiary/aromatic N) is 1. The van der Waals surface area contributed by atoms with Crippen LogP contribution < -0.4 is 56.3 Å². The topological polar surface area (TPSA) is 101 Å². The van der Waals surface area contributed by atoms with Gasteiger partial charge >= 0.3 is 51.4 Å². The fourth-order valence-electron chi connectivity index (χ4n) is 3.10. The molecule has 0 aliphatic carbocycles. The van der Waals surface area contributed by atoms with Crippen molar-refractivity contribution < 1.29 is 74.6 Å². The van der Waals surface area contributed by atoms with Gasteiger partial charge in [0, 0.05) is 18.8 Å². The molecule has 2 unspecified atom stereocenters. The molecule has 0 bridgehead atoms. The van der Waals surface area contributed by atoms with Gasteiger partial charge in [0.2, 0.25) is 0 Å². The van der Waals surface area contributed by atoms with Gasteiger partial charge in [-0.25, -0.2) is 8.42 Å². The fraction of sp³-hybridized carbons (Fsp3) is 0.182. The fourth-order valence-corrected chi connectivity index (χ4v) is 3.61. The van der Waals surface area contributed by atoms with Crippen LogP contribution in [0.15, 0.2) is 89.8 Å². The number of aliphatic hydroxyl groups is 2. The minimum Gasteiger partial charge on any atom is -0.744 e. The normalized spacial score (nSPS) is 13.2. The third-order valence-electron chi connectivity index (χ3n) is 4.63. The van der Waals surface area contributed by atoms with E-state index in [2.05, 4.69) is 0 Å². The third kappa shape index (κ3) is 6.98. The van der Waals surface area contributed by atoms with E-state index in [1.165, 1.54) is 18.2 Å². The molecule has 2 N–H and O–H groups in total. The van der Waals surface area contributed by atoms with Gasteiger partial charge in [-0.3, -0.25) is 0 Å². The predicted molar refractivity (Wildman–Crippen MR) is 109 cm³/mol. The number of rotatable bonds is 8. The van der Waals surface area contributed by atoms with Crippen LogP contribution in [0.2, 0.25) is 0 Å². The SMILES string of the molecule is O=S(=O)([O-])c1cccc(N(CC(O)c2ccccc2)CC(O)c2ccccc2)c1.[K+]. The summed E-state index contributed by atoms with van der Waals surface area (Å²) in [6.45, 7) is 0.215. The summed E-state index contributed by atoms with van der Waals surface area (Å²) in [6, 6.07) is 23.7. The Balaban J connectivity index is 0.00000320. The van der Waals surface area contributed by atoms with E-state index in [-0.39, 0.29) is 69.4 Å². The Morgan fingerprint density at radius 2 is 1.23 bits per heavy atom. The summed E-state index contributed by atoms with van der Waals surface area (Å²) < 4.78 is 34.3. The van der Waals surface area contributed by atoms with Gasteiger partial charge in [0.1, 0.15) is 10.1 Å². The smallest absolute Gasteiger partial charge is 0.744 e. The molecule has 2 atom stereocenters. The van der Waals surface area contributed by atoms with Crippen molar-refractivity contribution in [3.63, 3.8) is 0 Å². The van der Waals surface area contributed by atoms with Gasteiger partial charge in [-0.15, -0.1) is 0 Å². The van der Waals surface area contributed by atoms with E-state index in [1.807, 2.05) is 36.4 Å². The van der Waals surface area contributed by atoms with Gasteiger partial charge in [0.25, 0.3) is 0 Å². The molecule has 0 amide bonds. The number of hydrogen-bond donors (Lipinski definition) is 2. The third-order valence-corrected chi connectivity index (χ3v) is 5.46. The van der Waals surface area contributed by atoms with Gasteiger partial charge < -0.3 is 19.7 Å².